The van der Waals surface area contributed by atoms with Gasteiger partial charge in [-0.1, -0.05) is 11.6 Å². The fourth-order valence-electron chi connectivity index (χ4n) is 2.09. The predicted octanol–water partition coefficient (Wildman–Crippen LogP) is 3.80. The smallest absolute Gasteiger partial charge is 0.206 e. The first-order chi connectivity index (χ1) is 8.56. The maximum absolute atomic E-state index is 13.3. The van der Waals surface area contributed by atoms with E-state index in [4.69, 9.17) is 11.6 Å². The largest absolute Gasteiger partial charge is 0.325 e. The molecule has 0 unspecified atom stereocenters. The summed E-state index contributed by atoms with van der Waals surface area (Å²) in [5.41, 5.74) is 0.837. The maximum atomic E-state index is 13.3. The molecule has 2 N–H and O–H groups in total. The molecular weight excluding hydrogens is 273 g/mol. The first kappa shape index (κ1) is 12.1. The predicted molar refractivity (Wildman–Crippen MR) is 73.7 cm³/mol. The van der Waals surface area contributed by atoms with Crippen molar-refractivity contribution >= 4 is 35.2 Å². The molecule has 2 aliphatic rings. The second-order valence-corrected chi connectivity index (χ2v) is 6.16. The van der Waals surface area contributed by atoms with E-state index in [1.165, 1.54) is 24.4 Å². The van der Waals surface area contributed by atoms with Gasteiger partial charge in [-0.05, 0) is 50.3 Å². The molecule has 0 aromatic heterocycles. The van der Waals surface area contributed by atoms with Crippen molar-refractivity contribution in [3.05, 3.63) is 23.0 Å². The Labute approximate surface area is 114 Å². The lowest BCUT2D eigenvalue weighted by Gasteiger charge is -2.35. The van der Waals surface area contributed by atoms with Crippen LogP contribution in [0.25, 0.3) is 0 Å². The summed E-state index contributed by atoms with van der Waals surface area (Å²) in [7, 11) is 0. The van der Waals surface area contributed by atoms with E-state index in [-0.39, 0.29) is 10.6 Å². The molecule has 0 radical (unpaired) electrons. The van der Waals surface area contributed by atoms with Crippen molar-refractivity contribution < 1.29 is 4.39 Å². The number of nitrogens with zero attached hydrogens (tertiary/aromatic N) is 1. The van der Waals surface area contributed by atoms with Crippen LogP contribution in [0.15, 0.2) is 22.0 Å². The second-order valence-electron chi connectivity index (χ2n) is 4.90. The Morgan fingerprint density at radius 3 is 2.89 bits per heavy atom. The molecule has 0 atom stereocenters. The number of fused-ring (bicyclic) bond motifs is 1. The van der Waals surface area contributed by atoms with Gasteiger partial charge in [-0.2, -0.15) is 0 Å². The normalized spacial score (nSPS) is 22.7. The molecule has 3 nitrogen and oxygen atoms in total. The number of halogens is 2. The molecule has 0 amide bonds. The maximum Gasteiger partial charge on any atom is 0.206 e. The van der Waals surface area contributed by atoms with E-state index in [9.17, 15) is 4.39 Å². The number of nitrogens with one attached hydrogen (secondary N) is 2. The van der Waals surface area contributed by atoms with Crippen LogP contribution in [0.4, 0.5) is 10.1 Å². The monoisotopic (exact) mass is 285 g/mol. The molecule has 1 aliphatic carbocycles. The summed E-state index contributed by atoms with van der Waals surface area (Å²) in [4.78, 5) is 5.45. The van der Waals surface area contributed by atoms with Gasteiger partial charge in [-0.25, -0.2) is 9.38 Å². The number of hydrogen-bond acceptors (Lipinski definition) is 2. The minimum absolute atomic E-state index is 0.0389. The van der Waals surface area contributed by atoms with Crippen LogP contribution in [-0.4, -0.2) is 11.5 Å². The van der Waals surface area contributed by atoms with Crippen LogP contribution in [0, 0.1) is 5.82 Å². The molecule has 0 spiro atoms. The van der Waals surface area contributed by atoms with E-state index in [0.717, 1.165) is 29.4 Å². The van der Waals surface area contributed by atoms with Gasteiger partial charge in [0.25, 0.3) is 0 Å². The third-order valence-electron chi connectivity index (χ3n) is 3.35. The summed E-state index contributed by atoms with van der Waals surface area (Å²) in [6.45, 7) is 2.14. The molecule has 1 saturated carbocycles. The SMILES string of the molecule is CC1(N=C2NSc3cc(F)c(Cl)cc3N2)CCC1. The first-order valence-corrected chi connectivity index (χ1v) is 7.04. The van der Waals surface area contributed by atoms with Gasteiger partial charge in [-0.3, -0.25) is 4.72 Å². The quantitative estimate of drug-likeness (QED) is 0.771. The Balaban J connectivity index is 1.86. The molecular formula is C12H13ClFN3S. The molecule has 6 heteroatoms. The highest BCUT2D eigenvalue weighted by Gasteiger charge is 2.32. The van der Waals surface area contributed by atoms with Crippen molar-refractivity contribution in [1.29, 1.82) is 0 Å². The van der Waals surface area contributed by atoms with Gasteiger partial charge in [0, 0.05) is 0 Å². The average Bonchev–Trinajstić information content (AvgIpc) is 2.29. The van der Waals surface area contributed by atoms with Crippen LogP contribution in [-0.2, 0) is 0 Å². The Morgan fingerprint density at radius 2 is 2.22 bits per heavy atom. The number of aliphatic imine (C=N–C) groups is 1. The summed E-state index contributed by atoms with van der Waals surface area (Å²) >= 11 is 7.13. The Morgan fingerprint density at radius 1 is 1.44 bits per heavy atom. The van der Waals surface area contributed by atoms with Crippen LogP contribution in [0.1, 0.15) is 26.2 Å². The number of hydrogen-bond donors (Lipinski definition) is 2. The second kappa shape index (κ2) is 4.31. The highest BCUT2D eigenvalue weighted by molar-refractivity contribution is 7.98. The van der Waals surface area contributed by atoms with Gasteiger partial charge in [0.1, 0.15) is 5.82 Å². The Bertz CT molecular complexity index is 528. The highest BCUT2D eigenvalue weighted by Crippen LogP contribution is 2.37. The topological polar surface area (TPSA) is 36.4 Å². The molecule has 1 aromatic rings. The van der Waals surface area contributed by atoms with Crippen molar-refractivity contribution in [1.82, 2.24) is 4.72 Å². The number of benzene rings is 1. The van der Waals surface area contributed by atoms with E-state index in [2.05, 4.69) is 22.0 Å². The average molecular weight is 286 g/mol. The highest BCUT2D eigenvalue weighted by atomic mass is 35.5. The standard InChI is InChI=1S/C12H13ClFN3S/c1-12(3-2-4-12)16-11-15-9-5-7(13)8(14)6-10(9)18-17-11/h5-6H,2-4H2,1H3,(H2,15,16,17). The fourth-order valence-corrected chi connectivity index (χ4v) is 2.94. The molecule has 96 valence electrons. The zero-order valence-electron chi connectivity index (χ0n) is 9.89. The lowest BCUT2D eigenvalue weighted by atomic mass is 9.79. The zero-order valence-corrected chi connectivity index (χ0v) is 11.5. The van der Waals surface area contributed by atoms with E-state index in [1.807, 2.05) is 0 Å². The Kier molecular flexibility index (Phi) is 2.90. The summed E-state index contributed by atoms with van der Waals surface area (Å²) in [5, 5.41) is 3.28. The van der Waals surface area contributed by atoms with Crippen molar-refractivity contribution in [3.8, 4) is 0 Å². The van der Waals surface area contributed by atoms with Gasteiger partial charge >= 0.3 is 0 Å². The molecule has 1 fully saturated rings. The van der Waals surface area contributed by atoms with Crippen molar-refractivity contribution in [2.24, 2.45) is 4.99 Å². The molecule has 18 heavy (non-hydrogen) atoms. The van der Waals surface area contributed by atoms with Crippen LogP contribution in [0.5, 0.6) is 0 Å². The van der Waals surface area contributed by atoms with Crippen LogP contribution < -0.4 is 10.0 Å². The van der Waals surface area contributed by atoms with E-state index in [0.29, 0.717) is 0 Å². The first-order valence-electron chi connectivity index (χ1n) is 5.85. The summed E-state index contributed by atoms with van der Waals surface area (Å²) in [6, 6.07) is 3.02. The van der Waals surface area contributed by atoms with E-state index in [1.54, 1.807) is 6.07 Å². The number of anilines is 1. The minimum Gasteiger partial charge on any atom is -0.325 e. The fraction of sp³-hybridized carbons (Fsp3) is 0.417. The zero-order chi connectivity index (χ0) is 12.8. The molecule has 1 aromatic carbocycles. The lowest BCUT2D eigenvalue weighted by Crippen LogP contribution is -2.38. The van der Waals surface area contributed by atoms with Crippen molar-refractivity contribution in [2.75, 3.05) is 5.32 Å². The van der Waals surface area contributed by atoms with E-state index < -0.39 is 5.82 Å². The molecule has 1 aliphatic heterocycles. The van der Waals surface area contributed by atoms with E-state index >= 15 is 0 Å². The van der Waals surface area contributed by atoms with Crippen LogP contribution >= 0.6 is 23.5 Å². The van der Waals surface area contributed by atoms with Crippen molar-refractivity contribution in [2.45, 2.75) is 36.6 Å². The number of rotatable bonds is 1. The third-order valence-corrected chi connectivity index (χ3v) is 4.49. The molecule has 1 heterocycles. The molecule has 0 saturated heterocycles. The Hall–Kier alpha value is -0.940. The van der Waals surface area contributed by atoms with Crippen LogP contribution in [0.3, 0.4) is 0 Å². The van der Waals surface area contributed by atoms with Gasteiger partial charge in [-0.15, -0.1) is 0 Å². The van der Waals surface area contributed by atoms with Gasteiger partial charge in [0.05, 0.1) is 21.1 Å². The summed E-state index contributed by atoms with van der Waals surface area (Å²) < 4.78 is 16.4. The summed E-state index contributed by atoms with van der Waals surface area (Å²) in [5.74, 6) is 0.315. The number of guanidine groups is 1. The van der Waals surface area contributed by atoms with Crippen molar-refractivity contribution in [3.63, 3.8) is 0 Å². The molecule has 3 rings (SSSR count). The lowest BCUT2D eigenvalue weighted by molar-refractivity contribution is 0.279. The minimum atomic E-state index is -0.405. The van der Waals surface area contributed by atoms with Gasteiger partial charge in [0.2, 0.25) is 5.96 Å². The van der Waals surface area contributed by atoms with Gasteiger partial charge in [0.15, 0.2) is 0 Å². The van der Waals surface area contributed by atoms with Gasteiger partial charge < -0.3 is 5.32 Å². The molecule has 0 bridgehead atoms. The third kappa shape index (κ3) is 2.17. The van der Waals surface area contributed by atoms with Crippen LogP contribution in [0.2, 0.25) is 5.02 Å². The summed E-state index contributed by atoms with van der Waals surface area (Å²) in [6.07, 6.45) is 3.46.